The highest BCUT2D eigenvalue weighted by Gasteiger charge is 2.23. The van der Waals surface area contributed by atoms with Crippen LogP contribution in [0.2, 0.25) is 15.1 Å². The molecule has 1 aromatic carbocycles. The van der Waals surface area contributed by atoms with Crippen LogP contribution in [0.15, 0.2) is 30.5 Å². The molecule has 1 aromatic heterocycles. The molecule has 1 aliphatic heterocycles. The van der Waals surface area contributed by atoms with Crippen molar-refractivity contribution in [3.63, 3.8) is 0 Å². The second-order valence-corrected chi connectivity index (χ2v) is 5.69. The van der Waals surface area contributed by atoms with Gasteiger partial charge in [0.05, 0.1) is 15.1 Å². The minimum atomic E-state index is -0.0454. The van der Waals surface area contributed by atoms with Crippen LogP contribution in [0.1, 0.15) is 23.7 Å². The summed E-state index contributed by atoms with van der Waals surface area (Å²) in [6.45, 7) is 0. The number of halogens is 3. The van der Waals surface area contributed by atoms with E-state index >= 15 is 0 Å². The summed E-state index contributed by atoms with van der Waals surface area (Å²) in [5.74, 6) is 0.645. The molecule has 2 nitrogen and oxygen atoms in total. The molecular formula is C14H10Cl3NO. The van der Waals surface area contributed by atoms with Crippen LogP contribution < -0.4 is 4.74 Å². The third-order valence-electron chi connectivity index (χ3n) is 3.14. The lowest BCUT2D eigenvalue weighted by molar-refractivity contribution is 0.168. The van der Waals surface area contributed by atoms with Gasteiger partial charge in [0, 0.05) is 11.8 Å². The van der Waals surface area contributed by atoms with Crippen LogP contribution in [0.5, 0.6) is 5.88 Å². The average molecular weight is 315 g/mol. The monoisotopic (exact) mass is 313 g/mol. The number of fused-ring (bicyclic) bond motifs is 1. The molecule has 0 fully saturated rings. The number of aryl methyl sites for hydroxylation is 1. The van der Waals surface area contributed by atoms with Crippen LogP contribution in [0.3, 0.4) is 0 Å². The predicted octanol–water partition coefficient (Wildman–Crippen LogP) is 5.11. The molecule has 0 aliphatic carbocycles. The molecule has 1 aliphatic rings. The number of hydrogen-bond donors (Lipinski definition) is 0. The minimum Gasteiger partial charge on any atom is -0.469 e. The predicted molar refractivity (Wildman–Crippen MR) is 77.4 cm³/mol. The fourth-order valence-corrected chi connectivity index (χ4v) is 2.67. The molecule has 0 bridgehead atoms. The summed E-state index contributed by atoms with van der Waals surface area (Å²) in [6, 6.07) is 7.46. The summed E-state index contributed by atoms with van der Waals surface area (Å²) in [4.78, 5) is 4.22. The van der Waals surface area contributed by atoms with Gasteiger partial charge in [0.2, 0.25) is 5.88 Å². The van der Waals surface area contributed by atoms with Gasteiger partial charge in [-0.15, -0.1) is 0 Å². The fraction of sp³-hybridized carbons (Fsp3) is 0.214. The molecule has 98 valence electrons. The van der Waals surface area contributed by atoms with E-state index in [1.165, 1.54) is 0 Å². The maximum atomic E-state index is 6.03. The van der Waals surface area contributed by atoms with Gasteiger partial charge < -0.3 is 4.74 Å². The normalized spacial score (nSPS) is 17.7. The molecule has 19 heavy (non-hydrogen) atoms. The molecule has 3 rings (SSSR count). The van der Waals surface area contributed by atoms with Crippen molar-refractivity contribution in [2.24, 2.45) is 0 Å². The van der Waals surface area contributed by atoms with E-state index in [-0.39, 0.29) is 6.10 Å². The zero-order valence-electron chi connectivity index (χ0n) is 9.87. The van der Waals surface area contributed by atoms with Crippen molar-refractivity contribution in [3.8, 4) is 5.88 Å². The Morgan fingerprint density at radius 1 is 1.11 bits per heavy atom. The van der Waals surface area contributed by atoms with Gasteiger partial charge in [0.1, 0.15) is 6.10 Å². The van der Waals surface area contributed by atoms with E-state index in [9.17, 15) is 0 Å². The molecule has 2 heterocycles. The Hall–Kier alpha value is -0.960. The highest BCUT2D eigenvalue weighted by molar-refractivity contribution is 6.42. The Morgan fingerprint density at radius 3 is 2.74 bits per heavy atom. The second kappa shape index (κ2) is 5.20. The highest BCUT2D eigenvalue weighted by atomic mass is 35.5. The molecule has 1 atom stereocenters. The van der Waals surface area contributed by atoms with E-state index in [0.717, 1.165) is 24.0 Å². The summed E-state index contributed by atoms with van der Waals surface area (Å²) in [5, 5.41) is 1.72. The quantitative estimate of drug-likeness (QED) is 0.730. The van der Waals surface area contributed by atoms with Gasteiger partial charge in [-0.3, -0.25) is 0 Å². The van der Waals surface area contributed by atoms with Gasteiger partial charge in [0.15, 0.2) is 0 Å². The summed E-state index contributed by atoms with van der Waals surface area (Å²) < 4.78 is 5.90. The topological polar surface area (TPSA) is 22.1 Å². The Labute approximate surface area is 126 Å². The van der Waals surface area contributed by atoms with Crippen LogP contribution in [0.25, 0.3) is 0 Å². The van der Waals surface area contributed by atoms with Crippen molar-refractivity contribution in [2.75, 3.05) is 0 Å². The van der Waals surface area contributed by atoms with Gasteiger partial charge in [-0.1, -0.05) is 40.9 Å². The summed E-state index contributed by atoms with van der Waals surface area (Å²) in [5.41, 5.74) is 2.06. The first-order valence-corrected chi connectivity index (χ1v) is 7.03. The summed E-state index contributed by atoms with van der Waals surface area (Å²) in [7, 11) is 0. The van der Waals surface area contributed by atoms with Gasteiger partial charge in [-0.05, 0) is 36.6 Å². The lowest BCUT2D eigenvalue weighted by Gasteiger charge is -2.25. The third kappa shape index (κ3) is 2.66. The molecule has 0 N–H and O–H groups in total. The number of ether oxygens (including phenoxy) is 1. The molecule has 2 aromatic rings. The lowest BCUT2D eigenvalue weighted by atomic mass is 9.99. The zero-order chi connectivity index (χ0) is 13.4. The molecule has 0 spiro atoms. The lowest BCUT2D eigenvalue weighted by Crippen LogP contribution is -2.16. The molecule has 0 saturated heterocycles. The number of nitrogens with zero attached hydrogens (tertiary/aromatic N) is 1. The maximum Gasteiger partial charge on any atom is 0.217 e. The van der Waals surface area contributed by atoms with E-state index in [0.29, 0.717) is 20.9 Å². The van der Waals surface area contributed by atoms with E-state index in [4.69, 9.17) is 39.5 Å². The third-order valence-corrected chi connectivity index (χ3v) is 4.08. The smallest absolute Gasteiger partial charge is 0.217 e. The molecule has 0 radical (unpaired) electrons. The Bertz CT molecular complexity index is 630. The van der Waals surface area contributed by atoms with Crippen molar-refractivity contribution >= 4 is 34.8 Å². The molecule has 5 heteroatoms. The number of aromatic nitrogens is 1. The van der Waals surface area contributed by atoms with Crippen LogP contribution in [0, 0.1) is 0 Å². The fourth-order valence-electron chi connectivity index (χ4n) is 2.18. The van der Waals surface area contributed by atoms with Gasteiger partial charge >= 0.3 is 0 Å². The highest BCUT2D eigenvalue weighted by Crippen LogP contribution is 2.36. The number of rotatable bonds is 1. The first-order chi connectivity index (χ1) is 9.13. The van der Waals surface area contributed by atoms with Crippen LogP contribution in [-0.2, 0) is 6.42 Å². The first-order valence-electron chi connectivity index (χ1n) is 5.89. The van der Waals surface area contributed by atoms with Crippen LogP contribution >= 0.6 is 34.8 Å². The van der Waals surface area contributed by atoms with E-state index in [2.05, 4.69) is 4.98 Å². The summed E-state index contributed by atoms with van der Waals surface area (Å²) >= 11 is 17.9. The molecule has 0 amide bonds. The molecule has 0 saturated carbocycles. The van der Waals surface area contributed by atoms with Crippen LogP contribution in [-0.4, -0.2) is 4.98 Å². The average Bonchev–Trinajstić information content (AvgIpc) is 2.41. The van der Waals surface area contributed by atoms with Crippen molar-refractivity contribution in [1.29, 1.82) is 0 Å². The molecular weight excluding hydrogens is 305 g/mol. The summed E-state index contributed by atoms with van der Waals surface area (Å²) in [6.07, 6.45) is 3.30. The van der Waals surface area contributed by atoms with E-state index < -0.39 is 0 Å². The number of benzene rings is 1. The van der Waals surface area contributed by atoms with Gasteiger partial charge in [-0.25, -0.2) is 4.98 Å². The maximum absolute atomic E-state index is 6.03. The van der Waals surface area contributed by atoms with Gasteiger partial charge in [-0.2, -0.15) is 0 Å². The van der Waals surface area contributed by atoms with Crippen molar-refractivity contribution in [3.05, 3.63) is 56.7 Å². The SMILES string of the molecule is Clc1cnc2c(c1)CCC(c1ccc(Cl)c(Cl)c1)O2. The molecule has 1 unspecified atom stereocenters. The second-order valence-electron chi connectivity index (χ2n) is 4.44. The van der Waals surface area contributed by atoms with Crippen LogP contribution in [0.4, 0.5) is 0 Å². The zero-order valence-corrected chi connectivity index (χ0v) is 12.1. The standard InChI is InChI=1S/C14H10Cl3NO/c15-10-5-9-2-4-13(19-14(9)18-7-10)8-1-3-11(16)12(17)6-8/h1,3,5-7,13H,2,4H2. The Kier molecular flexibility index (Phi) is 3.57. The van der Waals surface area contributed by atoms with Crippen molar-refractivity contribution in [1.82, 2.24) is 4.98 Å². The van der Waals surface area contributed by atoms with E-state index in [1.807, 2.05) is 18.2 Å². The Morgan fingerprint density at radius 2 is 1.95 bits per heavy atom. The Balaban J connectivity index is 1.89. The van der Waals surface area contributed by atoms with Crippen molar-refractivity contribution in [2.45, 2.75) is 18.9 Å². The van der Waals surface area contributed by atoms with E-state index in [1.54, 1.807) is 12.3 Å². The first kappa shape index (κ1) is 13.0. The van der Waals surface area contributed by atoms with Crippen molar-refractivity contribution < 1.29 is 4.74 Å². The van der Waals surface area contributed by atoms with Gasteiger partial charge in [0.25, 0.3) is 0 Å². The largest absolute Gasteiger partial charge is 0.469 e. The minimum absolute atomic E-state index is 0.0454. The number of pyridine rings is 1. The number of hydrogen-bond acceptors (Lipinski definition) is 2.